The van der Waals surface area contributed by atoms with Gasteiger partial charge in [0.1, 0.15) is 5.60 Å². The van der Waals surface area contributed by atoms with Gasteiger partial charge in [-0.3, -0.25) is 4.79 Å². The van der Waals surface area contributed by atoms with Crippen molar-refractivity contribution in [2.75, 3.05) is 0 Å². The van der Waals surface area contributed by atoms with Crippen molar-refractivity contribution in [3.8, 4) is 0 Å². The molecular weight excluding hydrogens is 212 g/mol. The van der Waals surface area contributed by atoms with Gasteiger partial charge in [-0.1, -0.05) is 31.2 Å². The van der Waals surface area contributed by atoms with Gasteiger partial charge in [-0.25, -0.2) is 0 Å². The van der Waals surface area contributed by atoms with E-state index < -0.39 is 0 Å². The fourth-order valence-corrected chi connectivity index (χ4v) is 1.64. The van der Waals surface area contributed by atoms with Crippen LogP contribution in [0.1, 0.15) is 53.8 Å². The lowest BCUT2D eigenvalue weighted by Crippen LogP contribution is -2.24. The van der Waals surface area contributed by atoms with E-state index in [0.717, 1.165) is 12.8 Å². The molecule has 0 aliphatic rings. The zero-order valence-corrected chi connectivity index (χ0v) is 11.2. The number of rotatable bonds is 4. The third kappa shape index (κ3) is 5.53. The Morgan fingerprint density at radius 1 is 1.29 bits per heavy atom. The van der Waals surface area contributed by atoms with Crippen LogP contribution in [0.4, 0.5) is 0 Å². The van der Waals surface area contributed by atoms with Crippen LogP contribution in [0.3, 0.4) is 0 Å². The molecule has 0 N–H and O–H groups in total. The van der Waals surface area contributed by atoms with Crippen molar-refractivity contribution in [2.45, 2.75) is 52.6 Å². The highest BCUT2D eigenvalue weighted by molar-refractivity contribution is 5.70. The second-order valence-electron chi connectivity index (χ2n) is 5.26. The van der Waals surface area contributed by atoms with Crippen molar-refractivity contribution < 1.29 is 18.1 Å². The maximum Gasteiger partial charge on any atom is 0.306 e. The van der Waals surface area contributed by atoms with Crippen molar-refractivity contribution in [2.24, 2.45) is 0 Å². The molecule has 0 aromatic heterocycles. The first-order valence-electron chi connectivity index (χ1n) is 6.20. The quantitative estimate of drug-likeness (QED) is 0.699. The molecule has 0 atom stereocenters. The summed E-state index contributed by atoms with van der Waals surface area (Å²) in [5.41, 5.74) is 2.13. The molecule has 0 unspecified atom stereocenters. The minimum Gasteiger partial charge on any atom is -0.460 e. The first kappa shape index (κ1) is 13.8. The number of esters is 1. The third-order valence-corrected chi connectivity index (χ3v) is 2.44. The first-order chi connectivity index (χ1) is 7.90. The Kier molecular flexibility index (Phi) is 4.73. The molecule has 0 amide bonds. The highest BCUT2D eigenvalue weighted by atomic mass is 16.6. The van der Waals surface area contributed by atoms with Gasteiger partial charge >= 0.3 is 5.97 Å². The van der Waals surface area contributed by atoms with E-state index in [2.05, 4.69) is 25.1 Å². The molecule has 2 heteroatoms. The summed E-state index contributed by atoms with van der Waals surface area (Å²) in [6.07, 6.45) is 2.23. The fourth-order valence-electron chi connectivity index (χ4n) is 1.64. The van der Waals surface area contributed by atoms with Gasteiger partial charge < -0.3 is 4.74 Å². The molecule has 0 heterocycles. The van der Waals surface area contributed by atoms with E-state index in [1.807, 2.05) is 26.8 Å². The molecule has 0 fully saturated rings. The van der Waals surface area contributed by atoms with E-state index >= 15 is 0 Å². The van der Waals surface area contributed by atoms with E-state index in [9.17, 15) is 4.79 Å². The zero-order chi connectivity index (χ0) is 12.9. The molecule has 17 heavy (non-hydrogen) atoms. The number of aryl methyl sites for hydroxylation is 2. The van der Waals surface area contributed by atoms with Gasteiger partial charge in [-0.05, 0) is 44.7 Å². The van der Waals surface area contributed by atoms with E-state index in [1.54, 1.807) is 0 Å². The lowest BCUT2D eigenvalue weighted by Gasteiger charge is -2.19. The summed E-state index contributed by atoms with van der Waals surface area (Å²) in [4.78, 5) is 11.6. The van der Waals surface area contributed by atoms with Gasteiger partial charge in [0.15, 0.2) is 0 Å². The second kappa shape index (κ2) is 5.85. The molecule has 0 bridgehead atoms. The van der Waals surface area contributed by atoms with Crippen LogP contribution >= 0.6 is 0 Å². The molecule has 1 aromatic carbocycles. The Balaban J connectivity index is -0.000000120. The second-order valence-corrected chi connectivity index (χ2v) is 5.26. The summed E-state index contributed by atoms with van der Waals surface area (Å²) in [5.74, 6) is -0.126. The van der Waals surface area contributed by atoms with Crippen LogP contribution in [0.2, 0.25) is 0 Å². The standard InChI is InChI=1S/C15H22O2.6H2/c1-5-12-7-6-8-13(11-12)9-10-14(16)17-15(2,3)4;;;;;;/h6-8,11H,5,9-10H2,1-4H3;6*1H. The van der Waals surface area contributed by atoms with Gasteiger partial charge in [0.25, 0.3) is 0 Å². The van der Waals surface area contributed by atoms with Gasteiger partial charge in [0.2, 0.25) is 0 Å². The molecule has 2 nitrogen and oxygen atoms in total. The molecule has 0 radical (unpaired) electrons. The number of benzene rings is 1. The summed E-state index contributed by atoms with van der Waals surface area (Å²) in [6.45, 7) is 7.81. The predicted molar refractivity (Wildman–Crippen MR) is 82.7 cm³/mol. The van der Waals surface area contributed by atoms with Gasteiger partial charge in [0.05, 0.1) is 0 Å². The Morgan fingerprint density at radius 2 is 1.94 bits per heavy atom. The molecule has 0 saturated heterocycles. The van der Waals surface area contributed by atoms with Crippen LogP contribution in [0.15, 0.2) is 24.3 Å². The summed E-state index contributed by atoms with van der Waals surface area (Å²) < 4.78 is 5.28. The number of hydrogen-bond acceptors (Lipinski definition) is 2. The maximum absolute atomic E-state index is 11.6. The topological polar surface area (TPSA) is 26.3 Å². The van der Waals surface area contributed by atoms with Crippen LogP contribution < -0.4 is 0 Å². The SMILES string of the molecule is CCc1cccc(CCC(=O)OC(C)(C)C)c1.[HH].[HH].[HH].[HH].[HH].[HH]. The van der Waals surface area contributed by atoms with Crippen LogP contribution in [-0.4, -0.2) is 11.6 Å². The number of carbonyl (C=O) groups excluding carboxylic acids is 1. The summed E-state index contributed by atoms with van der Waals surface area (Å²) in [6, 6.07) is 8.37. The smallest absolute Gasteiger partial charge is 0.306 e. The lowest BCUT2D eigenvalue weighted by molar-refractivity contribution is -0.154. The number of ether oxygens (including phenoxy) is 1. The summed E-state index contributed by atoms with van der Waals surface area (Å²) in [7, 11) is 0. The van der Waals surface area contributed by atoms with E-state index in [-0.39, 0.29) is 20.1 Å². The molecular formula is C15H34O2. The molecule has 1 aromatic rings. The van der Waals surface area contributed by atoms with Crippen molar-refractivity contribution in [1.29, 1.82) is 0 Å². The molecule has 0 aliphatic carbocycles. The van der Waals surface area contributed by atoms with Crippen molar-refractivity contribution in [3.05, 3.63) is 35.4 Å². The lowest BCUT2D eigenvalue weighted by atomic mass is 10.1. The minimum atomic E-state index is -0.387. The monoisotopic (exact) mass is 246 g/mol. The average Bonchev–Trinajstić information content (AvgIpc) is 2.24. The maximum atomic E-state index is 11.6. The number of hydrogen-bond donors (Lipinski definition) is 0. The van der Waals surface area contributed by atoms with Crippen LogP contribution in [0.5, 0.6) is 0 Å². The van der Waals surface area contributed by atoms with E-state index in [0.29, 0.717) is 6.42 Å². The molecule has 1 rings (SSSR count). The fraction of sp³-hybridized carbons (Fsp3) is 0.533. The summed E-state index contributed by atoms with van der Waals surface area (Å²) >= 11 is 0. The average molecular weight is 246 g/mol. The molecule has 106 valence electrons. The minimum absolute atomic E-state index is 0. The van der Waals surface area contributed by atoms with Gasteiger partial charge in [-0.2, -0.15) is 0 Å². The predicted octanol–water partition coefficient (Wildman–Crippen LogP) is 5.00. The zero-order valence-electron chi connectivity index (χ0n) is 11.2. The van der Waals surface area contributed by atoms with Crippen LogP contribution in [-0.2, 0) is 22.4 Å². The molecule has 0 saturated carbocycles. The first-order valence-corrected chi connectivity index (χ1v) is 6.20. The normalized spacial score (nSPS) is 11.3. The number of carbonyl (C=O) groups is 1. The highest BCUT2D eigenvalue weighted by Gasteiger charge is 2.15. The Hall–Kier alpha value is -1.31. The third-order valence-electron chi connectivity index (χ3n) is 2.44. The molecule has 0 spiro atoms. The van der Waals surface area contributed by atoms with Crippen molar-refractivity contribution in [3.63, 3.8) is 0 Å². The summed E-state index contributed by atoms with van der Waals surface area (Å²) in [5, 5.41) is 0. The van der Waals surface area contributed by atoms with E-state index in [4.69, 9.17) is 4.74 Å². The van der Waals surface area contributed by atoms with Gasteiger partial charge in [-0.15, -0.1) is 0 Å². The Labute approximate surface area is 113 Å². The van der Waals surface area contributed by atoms with Crippen LogP contribution in [0, 0.1) is 0 Å². The Morgan fingerprint density at radius 3 is 2.53 bits per heavy atom. The van der Waals surface area contributed by atoms with Crippen LogP contribution in [0.25, 0.3) is 0 Å². The van der Waals surface area contributed by atoms with E-state index in [1.165, 1.54) is 11.1 Å². The largest absolute Gasteiger partial charge is 0.460 e. The van der Waals surface area contributed by atoms with Crippen molar-refractivity contribution in [1.82, 2.24) is 0 Å². The van der Waals surface area contributed by atoms with Crippen molar-refractivity contribution >= 4 is 5.97 Å². The Bertz CT molecular complexity index is 394. The van der Waals surface area contributed by atoms with Gasteiger partial charge in [0, 0.05) is 15.0 Å². The molecule has 0 aliphatic heterocycles. The highest BCUT2D eigenvalue weighted by Crippen LogP contribution is 2.12.